The van der Waals surface area contributed by atoms with Gasteiger partial charge in [0.05, 0.1) is 6.04 Å². The Kier molecular flexibility index (Phi) is 4.65. The van der Waals surface area contributed by atoms with Crippen molar-refractivity contribution in [3.8, 4) is 5.88 Å². The Morgan fingerprint density at radius 3 is 2.77 bits per heavy atom. The van der Waals surface area contributed by atoms with Gasteiger partial charge in [0.1, 0.15) is 0 Å². The average Bonchev–Trinajstić information content (AvgIpc) is 2.45. The van der Waals surface area contributed by atoms with E-state index in [1.807, 2.05) is 0 Å². The van der Waals surface area contributed by atoms with Crippen molar-refractivity contribution in [3.63, 3.8) is 0 Å². The van der Waals surface area contributed by atoms with Gasteiger partial charge in [-0.25, -0.2) is 9.37 Å². The molecule has 2 N–H and O–H groups in total. The Balaban J connectivity index is 2.11. The van der Waals surface area contributed by atoms with Crippen LogP contribution in [0.1, 0.15) is 18.5 Å². The van der Waals surface area contributed by atoms with Crippen molar-refractivity contribution in [2.75, 3.05) is 6.61 Å². The molecule has 2 atom stereocenters. The number of rotatable bonds is 4. The van der Waals surface area contributed by atoms with Crippen LogP contribution in [0.2, 0.25) is 0 Å². The molecule has 0 spiro atoms. The fourth-order valence-corrected chi connectivity index (χ4v) is 1.90. The second-order valence-corrected chi connectivity index (χ2v) is 4.64. The van der Waals surface area contributed by atoms with Crippen LogP contribution < -0.4 is 10.5 Å². The molecule has 1 aromatic heterocycles. The minimum Gasteiger partial charge on any atom is -0.466 e. The first-order chi connectivity index (χ1) is 10.3. The maximum Gasteiger partial charge on any atom is 0.422 e. The normalized spacial score (nSPS) is 19.4. The van der Waals surface area contributed by atoms with E-state index in [1.54, 1.807) is 30.3 Å². The molecular formula is C13H14F4N4O. The molecule has 0 amide bonds. The first-order valence-corrected chi connectivity index (χ1v) is 6.36. The fraction of sp³-hybridized carbons (Fsp3) is 0.385. The molecule has 0 bridgehead atoms. The van der Waals surface area contributed by atoms with Crippen molar-refractivity contribution < 1.29 is 22.3 Å². The zero-order valence-corrected chi connectivity index (χ0v) is 11.6. The van der Waals surface area contributed by atoms with E-state index >= 15 is 0 Å². The van der Waals surface area contributed by atoms with Gasteiger partial charge < -0.3 is 9.64 Å². The van der Waals surface area contributed by atoms with Crippen molar-refractivity contribution in [3.05, 3.63) is 35.9 Å². The molecule has 0 aromatic carbocycles. The highest BCUT2D eigenvalue weighted by atomic mass is 19.4. The molecule has 2 heterocycles. The standard InChI is InChI=1S/C13H14F4N4O/c1-8(21-4-2-3-19-12(21)18)9-5-10(14)11(20-6-9)22-7-13(15,16)17/h2-6,8,12H,7,18H2,1H3. The van der Waals surface area contributed by atoms with E-state index in [9.17, 15) is 17.6 Å². The summed E-state index contributed by atoms with van der Waals surface area (Å²) in [6.07, 6.45) is 0.977. The summed E-state index contributed by atoms with van der Waals surface area (Å²) in [7, 11) is 0. The van der Waals surface area contributed by atoms with Gasteiger partial charge in [-0.1, -0.05) is 0 Å². The topological polar surface area (TPSA) is 63.7 Å². The summed E-state index contributed by atoms with van der Waals surface area (Å²) < 4.78 is 54.3. The Labute approximate surface area is 124 Å². The molecule has 0 aliphatic carbocycles. The lowest BCUT2D eigenvalue weighted by Crippen LogP contribution is -2.39. The van der Waals surface area contributed by atoms with Crippen LogP contribution in [-0.2, 0) is 0 Å². The third-order valence-corrected chi connectivity index (χ3v) is 3.02. The Hall–Kier alpha value is -2.16. The van der Waals surface area contributed by atoms with Gasteiger partial charge in [0.25, 0.3) is 5.88 Å². The number of hydrogen-bond donors (Lipinski definition) is 1. The largest absolute Gasteiger partial charge is 0.466 e. The van der Waals surface area contributed by atoms with E-state index in [0.717, 1.165) is 6.07 Å². The van der Waals surface area contributed by atoms with Crippen LogP contribution in [0.15, 0.2) is 29.5 Å². The van der Waals surface area contributed by atoms with Gasteiger partial charge in [-0.3, -0.25) is 10.7 Å². The quantitative estimate of drug-likeness (QED) is 0.866. The summed E-state index contributed by atoms with van der Waals surface area (Å²) in [5.74, 6) is -1.66. The summed E-state index contributed by atoms with van der Waals surface area (Å²) in [4.78, 5) is 9.24. The number of pyridine rings is 1. The SMILES string of the molecule is CC(c1cnc(OCC(F)(F)F)c(F)c1)N1C=CC=NC1N. The molecule has 2 unspecified atom stereocenters. The van der Waals surface area contributed by atoms with E-state index in [2.05, 4.69) is 14.7 Å². The second-order valence-electron chi connectivity index (χ2n) is 4.64. The first kappa shape index (κ1) is 16.2. The Bertz CT molecular complexity index is 588. The highest BCUT2D eigenvalue weighted by Gasteiger charge is 2.29. The molecule has 22 heavy (non-hydrogen) atoms. The number of ether oxygens (including phenoxy) is 1. The van der Waals surface area contributed by atoms with Crippen molar-refractivity contribution in [1.82, 2.24) is 9.88 Å². The molecular weight excluding hydrogens is 304 g/mol. The van der Waals surface area contributed by atoms with Crippen LogP contribution in [0, 0.1) is 5.82 Å². The predicted molar refractivity (Wildman–Crippen MR) is 71.6 cm³/mol. The molecule has 120 valence electrons. The molecule has 1 aliphatic heterocycles. The minimum atomic E-state index is -4.55. The van der Waals surface area contributed by atoms with Crippen molar-refractivity contribution >= 4 is 6.21 Å². The lowest BCUT2D eigenvalue weighted by atomic mass is 10.1. The van der Waals surface area contributed by atoms with E-state index < -0.39 is 30.8 Å². The molecule has 2 rings (SSSR count). The van der Waals surface area contributed by atoms with Gasteiger partial charge >= 0.3 is 6.18 Å². The minimum absolute atomic E-state index is 0.359. The van der Waals surface area contributed by atoms with Crippen LogP contribution in [-0.4, -0.2) is 35.2 Å². The van der Waals surface area contributed by atoms with Crippen LogP contribution in [0.5, 0.6) is 5.88 Å². The van der Waals surface area contributed by atoms with Gasteiger partial charge in [0.2, 0.25) is 0 Å². The highest BCUT2D eigenvalue weighted by Crippen LogP contribution is 2.26. The van der Waals surface area contributed by atoms with E-state index in [-0.39, 0.29) is 6.04 Å². The maximum atomic E-state index is 13.8. The molecule has 9 heteroatoms. The Morgan fingerprint density at radius 2 is 2.18 bits per heavy atom. The average molecular weight is 318 g/mol. The van der Waals surface area contributed by atoms with Crippen molar-refractivity contribution in [2.24, 2.45) is 10.7 Å². The zero-order chi connectivity index (χ0) is 16.3. The fourth-order valence-electron chi connectivity index (χ4n) is 1.90. The highest BCUT2D eigenvalue weighted by molar-refractivity contribution is 5.71. The lowest BCUT2D eigenvalue weighted by molar-refractivity contribution is -0.154. The molecule has 1 aliphatic rings. The molecule has 1 aromatic rings. The number of nitrogens with zero attached hydrogens (tertiary/aromatic N) is 3. The monoisotopic (exact) mass is 318 g/mol. The van der Waals surface area contributed by atoms with Crippen molar-refractivity contribution in [2.45, 2.75) is 25.4 Å². The number of aromatic nitrogens is 1. The van der Waals surface area contributed by atoms with E-state index in [4.69, 9.17) is 5.73 Å². The molecule has 5 nitrogen and oxygen atoms in total. The maximum absolute atomic E-state index is 13.8. The molecule has 0 radical (unpaired) electrons. The van der Waals surface area contributed by atoms with E-state index in [1.165, 1.54) is 6.20 Å². The van der Waals surface area contributed by atoms with Crippen LogP contribution in [0.3, 0.4) is 0 Å². The van der Waals surface area contributed by atoms with Gasteiger partial charge in [0.15, 0.2) is 18.7 Å². The van der Waals surface area contributed by atoms with Crippen LogP contribution >= 0.6 is 0 Å². The zero-order valence-electron chi connectivity index (χ0n) is 11.6. The number of alkyl halides is 3. The van der Waals surface area contributed by atoms with Gasteiger partial charge in [0, 0.05) is 18.6 Å². The first-order valence-electron chi connectivity index (χ1n) is 6.36. The van der Waals surface area contributed by atoms with Crippen molar-refractivity contribution in [1.29, 1.82) is 0 Å². The van der Waals surface area contributed by atoms with Crippen LogP contribution in [0.4, 0.5) is 17.6 Å². The summed E-state index contributed by atoms with van der Waals surface area (Å²) >= 11 is 0. The van der Waals surface area contributed by atoms with Gasteiger partial charge in [-0.05, 0) is 24.6 Å². The lowest BCUT2D eigenvalue weighted by Gasteiger charge is -2.32. The summed E-state index contributed by atoms with van der Waals surface area (Å²) in [6, 6.07) is 0.713. The third-order valence-electron chi connectivity index (χ3n) is 3.02. The summed E-state index contributed by atoms with van der Waals surface area (Å²) in [5.41, 5.74) is 6.23. The number of hydrogen-bond acceptors (Lipinski definition) is 5. The van der Waals surface area contributed by atoms with Crippen LogP contribution in [0.25, 0.3) is 0 Å². The predicted octanol–water partition coefficient (Wildman–Crippen LogP) is 2.37. The molecule has 0 saturated carbocycles. The number of allylic oxidation sites excluding steroid dienone is 1. The summed E-state index contributed by atoms with van der Waals surface area (Å²) in [5, 5.41) is 0. The third kappa shape index (κ3) is 3.94. The molecule has 0 saturated heterocycles. The van der Waals surface area contributed by atoms with Gasteiger partial charge in [-0.15, -0.1) is 0 Å². The number of halogens is 4. The van der Waals surface area contributed by atoms with Gasteiger partial charge in [-0.2, -0.15) is 13.2 Å². The summed E-state index contributed by atoms with van der Waals surface area (Å²) in [6.45, 7) is 0.151. The number of aliphatic imine (C=N–C) groups is 1. The smallest absolute Gasteiger partial charge is 0.422 e. The second kappa shape index (κ2) is 6.30. The number of nitrogens with two attached hydrogens (primary N) is 1. The van der Waals surface area contributed by atoms with E-state index in [0.29, 0.717) is 5.56 Å². The molecule has 0 fully saturated rings. The Morgan fingerprint density at radius 1 is 1.45 bits per heavy atom.